The molecule has 0 radical (unpaired) electrons. The quantitative estimate of drug-likeness (QED) is 0.170. The molecule has 0 fully saturated rings. The predicted molar refractivity (Wildman–Crippen MR) is 189 cm³/mol. The second kappa shape index (κ2) is 13.1. The maximum absolute atomic E-state index is 6.05. The third-order valence-electron chi connectivity index (χ3n) is 7.22. The van der Waals surface area contributed by atoms with E-state index in [9.17, 15) is 0 Å². The summed E-state index contributed by atoms with van der Waals surface area (Å²) < 4.78 is 13.2. The van der Waals surface area contributed by atoms with E-state index in [0.717, 1.165) is 70.9 Å². The third kappa shape index (κ3) is 6.44. The average molecular weight is 699 g/mol. The van der Waals surface area contributed by atoms with Gasteiger partial charge < -0.3 is 19.4 Å². The van der Waals surface area contributed by atoms with Crippen LogP contribution in [0.25, 0.3) is 44.3 Å². The lowest BCUT2D eigenvalue weighted by atomic mass is 10.1. The molecule has 2 N–H and O–H groups in total. The van der Waals surface area contributed by atoms with Crippen molar-refractivity contribution in [2.45, 2.75) is 0 Å². The van der Waals surface area contributed by atoms with Crippen molar-refractivity contribution in [1.29, 1.82) is 0 Å². The average Bonchev–Trinajstić information content (AvgIpc) is 3.72. The number of hydrogen-bond acceptors (Lipinski definition) is 4. The third-order valence-corrected chi connectivity index (χ3v) is 8.11. The smallest absolute Gasteiger partial charge is 0.138 e. The van der Waals surface area contributed by atoms with E-state index in [4.69, 9.17) is 9.47 Å². The zero-order chi connectivity index (χ0) is 30.4. The van der Waals surface area contributed by atoms with Gasteiger partial charge in [0.25, 0.3) is 0 Å². The van der Waals surface area contributed by atoms with Crippen LogP contribution in [0.1, 0.15) is 0 Å². The van der Waals surface area contributed by atoms with Crippen LogP contribution in [0, 0.1) is 3.57 Å². The lowest BCUT2D eigenvalue weighted by Gasteiger charge is -2.11. The summed E-state index contributed by atoms with van der Waals surface area (Å²) in [5.74, 6) is 3.30. The van der Waals surface area contributed by atoms with E-state index in [1.807, 2.05) is 134 Å². The van der Waals surface area contributed by atoms with E-state index in [1.165, 1.54) is 0 Å². The maximum atomic E-state index is 6.05. The number of rotatable bonds is 6. The van der Waals surface area contributed by atoms with Gasteiger partial charge in [0.15, 0.2) is 0 Å². The van der Waals surface area contributed by atoms with Crippen molar-refractivity contribution in [1.82, 2.24) is 19.9 Å². The second-order valence-electron chi connectivity index (χ2n) is 10.2. The molecule has 218 valence electrons. The highest BCUT2D eigenvalue weighted by atomic mass is 127. The summed E-state index contributed by atoms with van der Waals surface area (Å²) in [6, 6.07) is 41.9. The zero-order valence-corrected chi connectivity index (χ0v) is 26.2. The highest BCUT2D eigenvalue weighted by molar-refractivity contribution is 14.1. The Kier molecular flexibility index (Phi) is 8.24. The molecule has 0 bridgehead atoms. The van der Waals surface area contributed by atoms with E-state index in [-0.39, 0.29) is 0 Å². The van der Waals surface area contributed by atoms with Crippen LogP contribution in [-0.4, -0.2) is 19.9 Å². The van der Waals surface area contributed by atoms with Crippen molar-refractivity contribution in [2.24, 2.45) is 0 Å². The van der Waals surface area contributed by atoms with Gasteiger partial charge in [-0.2, -0.15) is 0 Å². The van der Waals surface area contributed by atoms with Gasteiger partial charge >= 0.3 is 0 Å². The first kappa shape index (κ1) is 28.4. The Labute approximate surface area is 273 Å². The normalized spacial score (nSPS) is 10.8. The van der Waals surface area contributed by atoms with Gasteiger partial charge in [0.05, 0.1) is 0 Å². The maximum Gasteiger partial charge on any atom is 0.138 e. The fourth-order valence-electron chi connectivity index (χ4n) is 5.02. The Bertz CT molecular complexity index is 2190. The van der Waals surface area contributed by atoms with E-state index in [2.05, 4.69) is 60.7 Å². The van der Waals surface area contributed by atoms with Gasteiger partial charge in [-0.1, -0.05) is 72.8 Å². The van der Waals surface area contributed by atoms with Crippen LogP contribution in [0.15, 0.2) is 152 Å². The van der Waals surface area contributed by atoms with Gasteiger partial charge in [-0.3, -0.25) is 0 Å². The molecule has 7 heteroatoms. The Balaban J connectivity index is 0.000000145. The summed E-state index contributed by atoms with van der Waals surface area (Å²) in [7, 11) is 0. The number of hydrogen-bond donors (Lipinski definition) is 2. The highest BCUT2D eigenvalue weighted by Gasteiger charge is 2.11. The number of ether oxygens (including phenoxy) is 2. The van der Waals surface area contributed by atoms with Crippen molar-refractivity contribution in [3.8, 4) is 45.3 Å². The Morgan fingerprint density at radius 1 is 0.533 bits per heavy atom. The van der Waals surface area contributed by atoms with Crippen LogP contribution >= 0.6 is 22.6 Å². The molecule has 0 aliphatic rings. The molecule has 8 rings (SSSR count). The summed E-state index contributed by atoms with van der Waals surface area (Å²) in [5.41, 5.74) is 5.94. The zero-order valence-electron chi connectivity index (χ0n) is 24.0. The van der Waals surface area contributed by atoms with Gasteiger partial charge in [0, 0.05) is 61.4 Å². The number of H-pyrrole nitrogens is 2. The highest BCUT2D eigenvalue weighted by Crippen LogP contribution is 2.35. The van der Waals surface area contributed by atoms with Crippen LogP contribution < -0.4 is 9.47 Å². The van der Waals surface area contributed by atoms with E-state index >= 15 is 0 Å². The van der Waals surface area contributed by atoms with Gasteiger partial charge in [0.1, 0.15) is 34.3 Å². The number of fused-ring (bicyclic) bond motifs is 2. The minimum Gasteiger partial charge on any atom is -0.457 e. The molecule has 6 nitrogen and oxygen atoms in total. The molecule has 0 amide bonds. The SMILES string of the molecule is Ic1c[nH]c2ncc(-c3ccccc3Oc3ccccc3)cc12.c1ccc(Oc2ccccc2-c2cnc3[nH]ccc3c2)cc1. The fraction of sp³-hybridized carbons (Fsp3) is 0. The Morgan fingerprint density at radius 3 is 1.69 bits per heavy atom. The van der Waals surface area contributed by atoms with Crippen LogP contribution in [-0.2, 0) is 0 Å². The molecule has 4 heterocycles. The number of nitrogens with zero attached hydrogens (tertiary/aromatic N) is 2. The number of aromatic nitrogens is 4. The first-order chi connectivity index (χ1) is 22.2. The Morgan fingerprint density at radius 2 is 1.07 bits per heavy atom. The van der Waals surface area contributed by atoms with Gasteiger partial charge in [-0.05, 0) is 77.2 Å². The number of halogens is 1. The van der Waals surface area contributed by atoms with Crippen molar-refractivity contribution in [3.05, 3.63) is 156 Å². The lowest BCUT2D eigenvalue weighted by Crippen LogP contribution is -1.89. The number of aromatic amines is 2. The van der Waals surface area contributed by atoms with E-state index in [0.29, 0.717) is 0 Å². The summed E-state index contributed by atoms with van der Waals surface area (Å²) in [6.07, 6.45) is 7.61. The van der Waals surface area contributed by atoms with Crippen molar-refractivity contribution in [3.63, 3.8) is 0 Å². The topological polar surface area (TPSA) is 75.8 Å². The fourth-order valence-corrected chi connectivity index (χ4v) is 5.59. The molecule has 0 saturated heterocycles. The van der Waals surface area contributed by atoms with Crippen LogP contribution in [0.2, 0.25) is 0 Å². The first-order valence-electron chi connectivity index (χ1n) is 14.4. The van der Waals surface area contributed by atoms with Crippen LogP contribution in [0.3, 0.4) is 0 Å². The van der Waals surface area contributed by atoms with Crippen LogP contribution in [0.4, 0.5) is 0 Å². The van der Waals surface area contributed by atoms with E-state index in [1.54, 1.807) is 0 Å². The molecule has 8 aromatic rings. The number of para-hydroxylation sites is 4. The minimum atomic E-state index is 0.824. The van der Waals surface area contributed by atoms with Crippen molar-refractivity contribution in [2.75, 3.05) is 0 Å². The van der Waals surface area contributed by atoms with Crippen molar-refractivity contribution >= 4 is 44.7 Å². The molecule has 0 aliphatic carbocycles. The predicted octanol–water partition coefficient (Wildman–Crippen LogP) is 10.6. The van der Waals surface area contributed by atoms with Gasteiger partial charge in [-0.15, -0.1) is 0 Å². The van der Waals surface area contributed by atoms with Gasteiger partial charge in [0.2, 0.25) is 0 Å². The van der Waals surface area contributed by atoms with E-state index < -0.39 is 0 Å². The standard InChI is InChI=1S/C19H13IN2O.C19H14N2O/c20-17-12-22-19-16(17)10-13(11-21-19)15-8-4-5-9-18(15)23-14-6-2-1-3-7-14;1-2-6-16(7-3-1)22-18-9-5-4-8-17(18)15-12-14-10-11-20-19(14)21-13-15/h1-12H,(H,21,22);1-13H,(H,20,21). The number of pyridine rings is 2. The first-order valence-corrected chi connectivity index (χ1v) is 15.5. The summed E-state index contributed by atoms with van der Waals surface area (Å²) in [6.45, 7) is 0. The van der Waals surface area contributed by atoms with Crippen LogP contribution in [0.5, 0.6) is 23.0 Å². The molecule has 0 atom stereocenters. The molecule has 4 aromatic heterocycles. The number of nitrogens with one attached hydrogen (secondary N) is 2. The lowest BCUT2D eigenvalue weighted by molar-refractivity contribution is 0.484. The molecule has 45 heavy (non-hydrogen) atoms. The summed E-state index contributed by atoms with van der Waals surface area (Å²) in [4.78, 5) is 15.2. The Hall–Kier alpha value is -5.41. The minimum absolute atomic E-state index is 0.824. The molecule has 4 aromatic carbocycles. The molecule has 0 spiro atoms. The monoisotopic (exact) mass is 698 g/mol. The second-order valence-corrected chi connectivity index (χ2v) is 11.4. The van der Waals surface area contributed by atoms with Gasteiger partial charge in [-0.25, -0.2) is 9.97 Å². The molecular weight excluding hydrogens is 671 g/mol. The molecular formula is C38H27IN4O2. The molecule has 0 unspecified atom stereocenters. The molecule has 0 saturated carbocycles. The number of benzene rings is 4. The molecule has 0 aliphatic heterocycles. The van der Waals surface area contributed by atoms with Crippen molar-refractivity contribution < 1.29 is 9.47 Å². The summed E-state index contributed by atoms with van der Waals surface area (Å²) in [5, 5.41) is 2.21. The summed E-state index contributed by atoms with van der Waals surface area (Å²) >= 11 is 2.31. The largest absolute Gasteiger partial charge is 0.457 e.